The first-order valence-corrected chi connectivity index (χ1v) is 7.59. The van der Waals surface area contributed by atoms with Crippen LogP contribution in [-0.2, 0) is 13.1 Å². The fraction of sp³-hybridized carbons (Fsp3) is 0.263. The Morgan fingerprint density at radius 3 is 2.50 bits per heavy atom. The number of allylic oxidation sites excluding steroid dienone is 1. The standard InChI is InChI=1S/C19H22N2O/c1-16-12-20(13-17-7-4-3-5-8-17)15-21(16)14-18-9-6-10-19(11-18)22-2/h3-12H,13-15H2,1-2H3. The van der Waals surface area contributed by atoms with Crippen molar-refractivity contribution in [2.45, 2.75) is 20.0 Å². The molecule has 0 atom stereocenters. The minimum absolute atomic E-state index is 0.908. The van der Waals surface area contributed by atoms with Gasteiger partial charge in [0, 0.05) is 25.0 Å². The Morgan fingerprint density at radius 1 is 0.955 bits per heavy atom. The molecule has 0 aromatic heterocycles. The van der Waals surface area contributed by atoms with E-state index in [-0.39, 0.29) is 0 Å². The van der Waals surface area contributed by atoms with E-state index in [4.69, 9.17) is 4.74 Å². The summed E-state index contributed by atoms with van der Waals surface area (Å²) in [6.45, 7) is 4.96. The van der Waals surface area contributed by atoms with E-state index >= 15 is 0 Å². The van der Waals surface area contributed by atoms with E-state index in [0.717, 1.165) is 25.5 Å². The maximum Gasteiger partial charge on any atom is 0.119 e. The molecule has 3 heteroatoms. The topological polar surface area (TPSA) is 15.7 Å². The predicted molar refractivity (Wildman–Crippen MR) is 89.1 cm³/mol. The van der Waals surface area contributed by atoms with Crippen LogP contribution >= 0.6 is 0 Å². The average molecular weight is 294 g/mol. The van der Waals surface area contributed by atoms with Gasteiger partial charge in [-0.3, -0.25) is 0 Å². The number of methoxy groups -OCH3 is 1. The Morgan fingerprint density at radius 2 is 1.73 bits per heavy atom. The lowest BCUT2D eigenvalue weighted by Crippen LogP contribution is -2.26. The molecule has 0 fully saturated rings. The molecule has 1 aliphatic heterocycles. The second kappa shape index (κ2) is 6.56. The molecular formula is C19H22N2O. The zero-order valence-electron chi connectivity index (χ0n) is 13.2. The molecule has 0 saturated carbocycles. The van der Waals surface area contributed by atoms with Crippen LogP contribution in [0.1, 0.15) is 18.1 Å². The molecular weight excluding hydrogens is 272 g/mol. The molecule has 0 radical (unpaired) electrons. The van der Waals surface area contributed by atoms with Crippen molar-refractivity contribution in [1.82, 2.24) is 9.80 Å². The van der Waals surface area contributed by atoms with Crippen LogP contribution in [0.3, 0.4) is 0 Å². The number of hydrogen-bond donors (Lipinski definition) is 0. The molecule has 0 bridgehead atoms. The Kier molecular flexibility index (Phi) is 4.33. The summed E-state index contributed by atoms with van der Waals surface area (Å²) in [4.78, 5) is 4.74. The van der Waals surface area contributed by atoms with Crippen LogP contribution in [0.15, 0.2) is 66.5 Å². The van der Waals surface area contributed by atoms with E-state index in [9.17, 15) is 0 Å². The SMILES string of the molecule is COc1cccc(CN2CN(Cc3ccccc3)C=C2C)c1. The Hall–Kier alpha value is -2.42. The van der Waals surface area contributed by atoms with Crippen LogP contribution in [0, 0.1) is 0 Å². The molecule has 0 spiro atoms. The van der Waals surface area contributed by atoms with Crippen molar-refractivity contribution in [2.75, 3.05) is 13.8 Å². The van der Waals surface area contributed by atoms with E-state index in [2.05, 4.69) is 65.4 Å². The number of hydrogen-bond acceptors (Lipinski definition) is 3. The molecule has 1 aliphatic rings. The van der Waals surface area contributed by atoms with E-state index in [1.165, 1.54) is 16.8 Å². The maximum atomic E-state index is 5.30. The Labute approximate surface area is 132 Å². The van der Waals surface area contributed by atoms with Crippen molar-refractivity contribution >= 4 is 0 Å². The van der Waals surface area contributed by atoms with Gasteiger partial charge in [0.05, 0.1) is 13.8 Å². The van der Waals surface area contributed by atoms with Gasteiger partial charge in [-0.2, -0.15) is 0 Å². The number of rotatable bonds is 5. The van der Waals surface area contributed by atoms with Gasteiger partial charge in [0.1, 0.15) is 5.75 Å². The van der Waals surface area contributed by atoms with Crippen LogP contribution < -0.4 is 4.74 Å². The van der Waals surface area contributed by atoms with Gasteiger partial charge >= 0.3 is 0 Å². The minimum Gasteiger partial charge on any atom is -0.497 e. The molecule has 22 heavy (non-hydrogen) atoms. The van der Waals surface area contributed by atoms with Gasteiger partial charge in [-0.25, -0.2) is 0 Å². The fourth-order valence-electron chi connectivity index (χ4n) is 2.80. The number of ether oxygens (including phenoxy) is 1. The summed E-state index contributed by atoms with van der Waals surface area (Å²) in [5, 5.41) is 0. The first kappa shape index (κ1) is 14.5. The molecule has 114 valence electrons. The van der Waals surface area contributed by atoms with Crippen LogP contribution in [0.5, 0.6) is 5.75 Å². The van der Waals surface area contributed by atoms with Crippen molar-refractivity contribution < 1.29 is 4.74 Å². The van der Waals surface area contributed by atoms with Gasteiger partial charge in [0.25, 0.3) is 0 Å². The van der Waals surface area contributed by atoms with Crippen molar-refractivity contribution in [2.24, 2.45) is 0 Å². The third-order valence-electron chi connectivity index (χ3n) is 3.96. The quantitative estimate of drug-likeness (QED) is 0.833. The second-order valence-electron chi connectivity index (χ2n) is 5.69. The molecule has 1 heterocycles. The lowest BCUT2D eigenvalue weighted by molar-refractivity contribution is 0.244. The molecule has 3 nitrogen and oxygen atoms in total. The lowest BCUT2D eigenvalue weighted by Gasteiger charge is -2.23. The van der Waals surface area contributed by atoms with Crippen molar-refractivity contribution in [3.8, 4) is 5.75 Å². The van der Waals surface area contributed by atoms with Gasteiger partial charge in [0.2, 0.25) is 0 Å². The number of nitrogens with zero attached hydrogens (tertiary/aromatic N) is 2. The van der Waals surface area contributed by atoms with Crippen LogP contribution in [0.2, 0.25) is 0 Å². The second-order valence-corrected chi connectivity index (χ2v) is 5.69. The summed E-state index contributed by atoms with van der Waals surface area (Å²) in [7, 11) is 1.71. The number of benzene rings is 2. The Bertz CT molecular complexity index is 651. The first-order valence-electron chi connectivity index (χ1n) is 7.59. The molecule has 0 unspecified atom stereocenters. The molecule has 3 rings (SSSR count). The molecule has 0 aliphatic carbocycles. The smallest absolute Gasteiger partial charge is 0.119 e. The normalized spacial score (nSPS) is 14.2. The van der Waals surface area contributed by atoms with Gasteiger partial charge < -0.3 is 14.5 Å². The molecule has 0 N–H and O–H groups in total. The summed E-state index contributed by atoms with van der Waals surface area (Å²) in [6.07, 6.45) is 2.24. The highest BCUT2D eigenvalue weighted by molar-refractivity contribution is 5.29. The monoisotopic (exact) mass is 294 g/mol. The van der Waals surface area contributed by atoms with Crippen LogP contribution in [-0.4, -0.2) is 23.6 Å². The first-order chi connectivity index (χ1) is 10.7. The summed E-state index contributed by atoms with van der Waals surface area (Å²) in [6, 6.07) is 18.9. The van der Waals surface area contributed by atoms with Gasteiger partial charge in [-0.15, -0.1) is 0 Å². The lowest BCUT2D eigenvalue weighted by atomic mass is 10.2. The van der Waals surface area contributed by atoms with E-state index in [1.807, 2.05) is 12.1 Å². The summed E-state index contributed by atoms with van der Waals surface area (Å²) in [5.41, 5.74) is 3.92. The van der Waals surface area contributed by atoms with Crippen LogP contribution in [0.4, 0.5) is 0 Å². The third-order valence-corrected chi connectivity index (χ3v) is 3.96. The van der Waals surface area contributed by atoms with Crippen molar-refractivity contribution in [3.63, 3.8) is 0 Å². The van der Waals surface area contributed by atoms with E-state index < -0.39 is 0 Å². The molecule has 0 amide bonds. The zero-order valence-corrected chi connectivity index (χ0v) is 13.2. The van der Waals surface area contributed by atoms with Crippen LogP contribution in [0.25, 0.3) is 0 Å². The molecule has 0 saturated heterocycles. The molecule has 2 aromatic rings. The highest BCUT2D eigenvalue weighted by atomic mass is 16.5. The van der Waals surface area contributed by atoms with Crippen molar-refractivity contribution in [1.29, 1.82) is 0 Å². The average Bonchev–Trinajstić information content (AvgIpc) is 2.88. The highest BCUT2D eigenvalue weighted by Crippen LogP contribution is 2.22. The van der Waals surface area contributed by atoms with E-state index in [0.29, 0.717) is 0 Å². The van der Waals surface area contributed by atoms with E-state index in [1.54, 1.807) is 7.11 Å². The maximum absolute atomic E-state index is 5.30. The summed E-state index contributed by atoms with van der Waals surface area (Å²) < 4.78 is 5.30. The predicted octanol–water partition coefficient (Wildman–Crippen LogP) is 3.83. The largest absolute Gasteiger partial charge is 0.497 e. The zero-order chi connectivity index (χ0) is 15.4. The third kappa shape index (κ3) is 3.42. The Balaban J connectivity index is 1.63. The van der Waals surface area contributed by atoms with Gasteiger partial charge in [-0.05, 0) is 30.2 Å². The fourth-order valence-corrected chi connectivity index (χ4v) is 2.80. The highest BCUT2D eigenvalue weighted by Gasteiger charge is 2.18. The summed E-state index contributed by atoms with van der Waals surface area (Å²) >= 11 is 0. The van der Waals surface area contributed by atoms with Gasteiger partial charge in [-0.1, -0.05) is 42.5 Å². The minimum atomic E-state index is 0.908. The summed E-state index contributed by atoms with van der Waals surface area (Å²) in [5.74, 6) is 0.916. The molecule has 2 aromatic carbocycles. The van der Waals surface area contributed by atoms with Gasteiger partial charge in [0.15, 0.2) is 0 Å². The van der Waals surface area contributed by atoms with Crippen molar-refractivity contribution in [3.05, 3.63) is 77.6 Å².